The van der Waals surface area contributed by atoms with Gasteiger partial charge in [0.05, 0.1) is 0 Å². The van der Waals surface area contributed by atoms with Gasteiger partial charge in [-0.05, 0) is 37.5 Å². The zero-order valence-electron chi connectivity index (χ0n) is 11.9. The second kappa shape index (κ2) is 8.30. The van der Waals surface area contributed by atoms with Gasteiger partial charge < -0.3 is 10.6 Å². The maximum Gasteiger partial charge on any atom is 0.229 e. The molecule has 4 nitrogen and oxygen atoms in total. The Morgan fingerprint density at radius 2 is 1.85 bits per heavy atom. The minimum Gasteiger partial charge on any atom is -0.355 e. The van der Waals surface area contributed by atoms with Crippen molar-refractivity contribution >= 4 is 11.8 Å². The first kappa shape index (κ1) is 16.1. The number of carbonyl (C=O) groups is 2. The van der Waals surface area contributed by atoms with Gasteiger partial charge in [0.25, 0.3) is 0 Å². The van der Waals surface area contributed by atoms with Gasteiger partial charge in [-0.25, -0.2) is 4.39 Å². The Labute approximate surface area is 118 Å². The van der Waals surface area contributed by atoms with E-state index in [-0.39, 0.29) is 30.1 Å². The monoisotopic (exact) mass is 280 g/mol. The smallest absolute Gasteiger partial charge is 0.229 e. The third kappa shape index (κ3) is 6.31. The van der Waals surface area contributed by atoms with Crippen LogP contribution in [0.2, 0.25) is 0 Å². The van der Waals surface area contributed by atoms with Crippen molar-refractivity contribution in [2.45, 2.75) is 39.2 Å². The van der Waals surface area contributed by atoms with Crippen LogP contribution in [0.5, 0.6) is 0 Å². The van der Waals surface area contributed by atoms with Gasteiger partial charge in [-0.2, -0.15) is 0 Å². The molecule has 110 valence electrons. The number of halogens is 1. The van der Waals surface area contributed by atoms with E-state index in [9.17, 15) is 14.0 Å². The first-order chi connectivity index (χ1) is 9.51. The molecule has 0 saturated heterocycles. The average Bonchev–Trinajstić information content (AvgIpc) is 2.40. The molecule has 1 atom stereocenters. The van der Waals surface area contributed by atoms with Crippen molar-refractivity contribution in [3.8, 4) is 0 Å². The molecular formula is C15H21FN2O2. The fraction of sp³-hybridized carbons (Fsp3) is 0.467. The number of rotatable bonds is 7. The van der Waals surface area contributed by atoms with E-state index in [1.807, 2.05) is 13.8 Å². The van der Waals surface area contributed by atoms with E-state index < -0.39 is 0 Å². The molecule has 20 heavy (non-hydrogen) atoms. The number of carbonyl (C=O) groups excluding carboxylic acids is 2. The van der Waals surface area contributed by atoms with Crippen molar-refractivity contribution in [3.05, 3.63) is 35.6 Å². The van der Waals surface area contributed by atoms with Gasteiger partial charge in [-0.15, -0.1) is 0 Å². The predicted molar refractivity (Wildman–Crippen MR) is 75.6 cm³/mol. The van der Waals surface area contributed by atoms with Crippen LogP contribution in [0.3, 0.4) is 0 Å². The van der Waals surface area contributed by atoms with Crippen LogP contribution in [0, 0.1) is 5.82 Å². The fourth-order valence-corrected chi connectivity index (χ4v) is 1.63. The number of amides is 2. The molecule has 2 N–H and O–H groups in total. The summed E-state index contributed by atoms with van der Waals surface area (Å²) >= 11 is 0. The standard InChI is InChI=1S/C15H21FN2O2/c1-3-11(2)18-15(20)10-14(19)17-9-8-12-4-6-13(16)7-5-12/h4-7,11H,3,8-10H2,1-2H3,(H,17,19)(H,18,20). The summed E-state index contributed by atoms with van der Waals surface area (Å²) in [6.45, 7) is 4.29. The largest absolute Gasteiger partial charge is 0.355 e. The van der Waals surface area contributed by atoms with Gasteiger partial charge in [-0.1, -0.05) is 19.1 Å². The molecule has 0 aliphatic rings. The Balaban J connectivity index is 2.23. The number of benzene rings is 1. The molecule has 2 amide bonds. The van der Waals surface area contributed by atoms with Crippen molar-refractivity contribution in [1.29, 1.82) is 0 Å². The van der Waals surface area contributed by atoms with Crippen molar-refractivity contribution in [2.75, 3.05) is 6.54 Å². The minimum absolute atomic E-state index is 0.0783. The highest BCUT2D eigenvalue weighted by Gasteiger charge is 2.10. The lowest BCUT2D eigenvalue weighted by Gasteiger charge is -2.11. The van der Waals surface area contributed by atoms with Crippen LogP contribution in [-0.4, -0.2) is 24.4 Å². The van der Waals surface area contributed by atoms with E-state index in [0.717, 1.165) is 12.0 Å². The summed E-state index contributed by atoms with van der Waals surface area (Å²) < 4.78 is 12.7. The molecular weight excluding hydrogens is 259 g/mol. The van der Waals surface area contributed by atoms with E-state index in [2.05, 4.69) is 10.6 Å². The van der Waals surface area contributed by atoms with Gasteiger partial charge in [0.1, 0.15) is 12.2 Å². The van der Waals surface area contributed by atoms with Crippen molar-refractivity contribution in [2.24, 2.45) is 0 Å². The van der Waals surface area contributed by atoms with Gasteiger partial charge in [-0.3, -0.25) is 9.59 Å². The SMILES string of the molecule is CCC(C)NC(=O)CC(=O)NCCc1ccc(F)cc1. The Kier molecular flexibility index (Phi) is 6.70. The molecule has 0 radical (unpaired) electrons. The molecule has 0 spiro atoms. The second-order valence-corrected chi connectivity index (χ2v) is 4.78. The Hall–Kier alpha value is -1.91. The summed E-state index contributed by atoms with van der Waals surface area (Å²) in [5, 5.41) is 5.41. The van der Waals surface area contributed by atoms with Crippen LogP contribution >= 0.6 is 0 Å². The van der Waals surface area contributed by atoms with Crippen LogP contribution in [0.4, 0.5) is 4.39 Å². The second-order valence-electron chi connectivity index (χ2n) is 4.78. The number of hydrogen-bond donors (Lipinski definition) is 2. The number of hydrogen-bond acceptors (Lipinski definition) is 2. The maximum atomic E-state index is 12.7. The van der Waals surface area contributed by atoms with Gasteiger partial charge in [0.2, 0.25) is 11.8 Å². The maximum absolute atomic E-state index is 12.7. The zero-order chi connectivity index (χ0) is 15.0. The van der Waals surface area contributed by atoms with Crippen molar-refractivity contribution < 1.29 is 14.0 Å². The molecule has 0 bridgehead atoms. The summed E-state index contributed by atoms with van der Waals surface area (Å²) in [5.74, 6) is -0.842. The van der Waals surface area contributed by atoms with Crippen LogP contribution in [-0.2, 0) is 16.0 Å². The molecule has 0 aliphatic carbocycles. The topological polar surface area (TPSA) is 58.2 Å². The van der Waals surface area contributed by atoms with Crippen LogP contribution in [0.1, 0.15) is 32.3 Å². The summed E-state index contributed by atoms with van der Waals surface area (Å²) in [5.41, 5.74) is 0.941. The lowest BCUT2D eigenvalue weighted by atomic mass is 10.1. The van der Waals surface area contributed by atoms with Gasteiger partial charge in [0, 0.05) is 12.6 Å². The summed E-state index contributed by atoms with van der Waals surface area (Å²) in [4.78, 5) is 23.0. The Morgan fingerprint density at radius 3 is 2.45 bits per heavy atom. The minimum atomic E-state index is -0.298. The highest BCUT2D eigenvalue weighted by molar-refractivity contribution is 5.96. The van der Waals surface area contributed by atoms with Gasteiger partial charge >= 0.3 is 0 Å². The molecule has 0 aromatic heterocycles. The lowest BCUT2D eigenvalue weighted by molar-refractivity contribution is -0.129. The normalized spacial score (nSPS) is 11.8. The molecule has 5 heteroatoms. The number of nitrogens with one attached hydrogen (secondary N) is 2. The third-order valence-corrected chi connectivity index (χ3v) is 2.99. The molecule has 1 unspecified atom stereocenters. The van der Waals surface area contributed by atoms with Gasteiger partial charge in [0.15, 0.2) is 0 Å². The Bertz CT molecular complexity index is 446. The first-order valence-corrected chi connectivity index (χ1v) is 6.81. The average molecular weight is 280 g/mol. The predicted octanol–water partition coefficient (Wildman–Crippen LogP) is 1.79. The summed E-state index contributed by atoms with van der Waals surface area (Å²) in [6.07, 6.45) is 1.28. The van der Waals surface area contributed by atoms with E-state index in [4.69, 9.17) is 0 Å². The van der Waals surface area contributed by atoms with E-state index in [1.165, 1.54) is 12.1 Å². The lowest BCUT2D eigenvalue weighted by Crippen LogP contribution is -2.36. The molecule has 0 fully saturated rings. The van der Waals surface area contributed by atoms with Crippen LogP contribution in [0.15, 0.2) is 24.3 Å². The first-order valence-electron chi connectivity index (χ1n) is 6.81. The van der Waals surface area contributed by atoms with Crippen molar-refractivity contribution in [3.63, 3.8) is 0 Å². The zero-order valence-corrected chi connectivity index (χ0v) is 11.9. The molecule has 1 aromatic rings. The molecule has 0 aliphatic heterocycles. The van der Waals surface area contributed by atoms with E-state index in [0.29, 0.717) is 13.0 Å². The fourth-order valence-electron chi connectivity index (χ4n) is 1.63. The molecule has 1 rings (SSSR count). The Morgan fingerprint density at radius 1 is 1.20 bits per heavy atom. The summed E-state index contributed by atoms with van der Waals surface area (Å²) in [7, 11) is 0. The molecule has 0 heterocycles. The van der Waals surface area contributed by atoms with Crippen molar-refractivity contribution in [1.82, 2.24) is 10.6 Å². The van der Waals surface area contributed by atoms with E-state index in [1.54, 1.807) is 12.1 Å². The van der Waals surface area contributed by atoms with E-state index >= 15 is 0 Å². The highest BCUT2D eigenvalue weighted by atomic mass is 19.1. The molecule has 0 saturated carbocycles. The third-order valence-electron chi connectivity index (χ3n) is 2.99. The van der Waals surface area contributed by atoms with Crippen LogP contribution in [0.25, 0.3) is 0 Å². The van der Waals surface area contributed by atoms with Crippen LogP contribution < -0.4 is 10.6 Å². The summed E-state index contributed by atoms with van der Waals surface area (Å²) in [6, 6.07) is 6.20. The quantitative estimate of drug-likeness (QED) is 0.748. The highest BCUT2D eigenvalue weighted by Crippen LogP contribution is 2.02. The molecule has 1 aromatic carbocycles.